The molecule has 11 aromatic rings. The normalized spacial score (nSPS) is 12.1. The molecule has 0 aliphatic carbocycles. The van der Waals surface area contributed by atoms with Crippen molar-refractivity contribution < 1.29 is 4.42 Å². The maximum Gasteiger partial charge on any atom is 0.137 e. The fourth-order valence-corrected chi connectivity index (χ4v) is 8.06. The maximum absolute atomic E-state index is 6.50. The number of nitrogens with zero attached hydrogens (tertiary/aromatic N) is 3. The molecule has 0 amide bonds. The van der Waals surface area contributed by atoms with Crippen molar-refractivity contribution in [3.8, 4) is 22.5 Å². The minimum absolute atomic E-state index is 0.880. The van der Waals surface area contributed by atoms with Gasteiger partial charge in [-0.3, -0.25) is 4.98 Å². The smallest absolute Gasteiger partial charge is 0.137 e. The largest absolute Gasteiger partial charge is 0.456 e. The Bertz CT molecular complexity index is 3060. The zero-order chi connectivity index (χ0) is 32.1. The Hall–Kier alpha value is -6.65. The SMILES string of the molecule is c1cc(-n2c3ccccc3c3cc(-c4cc5c(cc4-n4c6ccccc6c6ccccc64)oc4ccccc45)ccc32)c2ccncc2c1. The number of para-hydroxylation sites is 4. The highest BCUT2D eigenvalue weighted by molar-refractivity contribution is 6.14. The Morgan fingerprint density at radius 1 is 0.408 bits per heavy atom. The van der Waals surface area contributed by atoms with Gasteiger partial charge in [0.15, 0.2) is 0 Å². The molecule has 0 N–H and O–H groups in total. The topological polar surface area (TPSA) is 35.9 Å². The quantitative estimate of drug-likeness (QED) is 0.196. The lowest BCUT2D eigenvalue weighted by Crippen LogP contribution is -1.98. The van der Waals surface area contributed by atoms with E-state index >= 15 is 0 Å². The van der Waals surface area contributed by atoms with Crippen LogP contribution in [0.4, 0.5) is 0 Å². The van der Waals surface area contributed by atoms with Crippen molar-refractivity contribution >= 4 is 76.3 Å². The van der Waals surface area contributed by atoms with Crippen LogP contribution in [0.1, 0.15) is 0 Å². The number of aromatic nitrogens is 3. The van der Waals surface area contributed by atoms with Crippen molar-refractivity contribution in [1.82, 2.24) is 14.1 Å². The first-order valence-corrected chi connectivity index (χ1v) is 16.6. The van der Waals surface area contributed by atoms with Gasteiger partial charge in [-0.25, -0.2) is 0 Å². The molecule has 0 aliphatic rings. The summed E-state index contributed by atoms with van der Waals surface area (Å²) in [6, 6.07) is 54.5. The average Bonchev–Trinajstić information content (AvgIpc) is 3.81. The predicted octanol–water partition coefficient (Wildman–Crippen LogP) is 12.0. The van der Waals surface area contributed by atoms with Gasteiger partial charge in [-0.1, -0.05) is 91.0 Å². The fraction of sp³-hybridized carbons (Fsp3) is 0. The molecule has 0 saturated heterocycles. The van der Waals surface area contributed by atoms with Crippen molar-refractivity contribution in [3.63, 3.8) is 0 Å². The predicted molar refractivity (Wildman–Crippen MR) is 203 cm³/mol. The number of furan rings is 1. The first-order valence-electron chi connectivity index (χ1n) is 16.6. The minimum atomic E-state index is 0.880. The van der Waals surface area contributed by atoms with Gasteiger partial charge in [0.25, 0.3) is 0 Å². The molecular formula is C45H27N3O. The summed E-state index contributed by atoms with van der Waals surface area (Å²) < 4.78 is 11.3. The molecule has 0 bridgehead atoms. The van der Waals surface area contributed by atoms with Crippen LogP contribution < -0.4 is 0 Å². The van der Waals surface area contributed by atoms with Gasteiger partial charge in [0.05, 0.1) is 33.4 Å². The van der Waals surface area contributed by atoms with Crippen molar-refractivity contribution in [1.29, 1.82) is 0 Å². The molecule has 0 atom stereocenters. The van der Waals surface area contributed by atoms with Gasteiger partial charge in [0.2, 0.25) is 0 Å². The van der Waals surface area contributed by atoms with E-state index in [1.54, 1.807) is 0 Å². The Balaban J connectivity index is 1.25. The maximum atomic E-state index is 6.50. The third-order valence-corrected chi connectivity index (χ3v) is 10.2. The molecule has 0 radical (unpaired) electrons. The third kappa shape index (κ3) is 3.71. The molecule has 228 valence electrons. The lowest BCUT2D eigenvalue weighted by atomic mass is 9.98. The Kier molecular flexibility index (Phi) is 5.35. The number of rotatable bonds is 3. The Labute approximate surface area is 280 Å². The van der Waals surface area contributed by atoms with E-state index in [-0.39, 0.29) is 0 Å². The highest BCUT2D eigenvalue weighted by Crippen LogP contribution is 2.43. The van der Waals surface area contributed by atoms with E-state index in [4.69, 9.17) is 4.42 Å². The first-order chi connectivity index (χ1) is 24.3. The van der Waals surface area contributed by atoms with Crippen molar-refractivity contribution in [2.45, 2.75) is 0 Å². The van der Waals surface area contributed by atoms with Crippen LogP contribution >= 0.6 is 0 Å². The second-order valence-electron chi connectivity index (χ2n) is 12.8. The lowest BCUT2D eigenvalue weighted by molar-refractivity contribution is 0.668. The molecule has 4 nitrogen and oxygen atoms in total. The standard InChI is InChI=1S/C45H27N3O/c1-5-15-39-31(11-1)32-12-2-6-16-40(32)48(39)43-26-45-37(34-14-4-8-19-44(34)49-45)25-35(43)28-20-21-42-36(24-28)33-13-3-7-17-41(33)47(42)38-18-9-10-29-27-46-23-22-30(29)38/h1-27H. The van der Waals surface area contributed by atoms with Crippen LogP contribution in [0.15, 0.2) is 168 Å². The van der Waals surface area contributed by atoms with Gasteiger partial charge in [-0.2, -0.15) is 0 Å². The van der Waals surface area contributed by atoms with Gasteiger partial charge in [0.1, 0.15) is 11.2 Å². The Morgan fingerprint density at radius 3 is 1.80 bits per heavy atom. The van der Waals surface area contributed by atoms with Crippen LogP contribution in [-0.2, 0) is 0 Å². The van der Waals surface area contributed by atoms with Crippen LogP contribution in [0.25, 0.3) is 98.8 Å². The zero-order valence-electron chi connectivity index (χ0n) is 26.3. The summed E-state index contributed by atoms with van der Waals surface area (Å²) in [6.07, 6.45) is 3.82. The van der Waals surface area contributed by atoms with Crippen molar-refractivity contribution in [2.75, 3.05) is 0 Å². The molecule has 0 unspecified atom stereocenters. The van der Waals surface area contributed by atoms with E-state index in [0.29, 0.717) is 0 Å². The molecule has 0 aliphatic heterocycles. The van der Waals surface area contributed by atoms with Crippen LogP contribution in [0.3, 0.4) is 0 Å². The summed E-state index contributed by atoms with van der Waals surface area (Å²) in [5.74, 6) is 0. The summed E-state index contributed by atoms with van der Waals surface area (Å²) in [5, 5.41) is 9.44. The summed E-state index contributed by atoms with van der Waals surface area (Å²) >= 11 is 0. The highest BCUT2D eigenvalue weighted by atomic mass is 16.3. The van der Waals surface area contributed by atoms with E-state index in [2.05, 4.69) is 160 Å². The van der Waals surface area contributed by atoms with Crippen molar-refractivity contribution in [3.05, 3.63) is 164 Å². The van der Waals surface area contributed by atoms with E-state index in [0.717, 1.165) is 49.8 Å². The number of hydrogen-bond acceptors (Lipinski definition) is 2. The van der Waals surface area contributed by atoms with Gasteiger partial charge in [-0.05, 0) is 60.2 Å². The third-order valence-electron chi connectivity index (χ3n) is 10.2. The van der Waals surface area contributed by atoms with Crippen LogP contribution in [0.2, 0.25) is 0 Å². The molecule has 49 heavy (non-hydrogen) atoms. The van der Waals surface area contributed by atoms with E-state index in [1.807, 2.05) is 18.5 Å². The van der Waals surface area contributed by atoms with E-state index in [1.165, 1.54) is 49.0 Å². The number of benzene rings is 7. The number of fused-ring (bicyclic) bond motifs is 10. The second-order valence-corrected chi connectivity index (χ2v) is 12.8. The lowest BCUT2D eigenvalue weighted by Gasteiger charge is -2.15. The molecular weight excluding hydrogens is 599 g/mol. The van der Waals surface area contributed by atoms with Gasteiger partial charge >= 0.3 is 0 Å². The molecule has 0 saturated carbocycles. The monoisotopic (exact) mass is 625 g/mol. The van der Waals surface area contributed by atoms with Crippen molar-refractivity contribution in [2.24, 2.45) is 0 Å². The molecule has 4 aromatic heterocycles. The average molecular weight is 626 g/mol. The number of pyridine rings is 1. The summed E-state index contributed by atoms with van der Waals surface area (Å²) in [6.45, 7) is 0. The molecule has 11 rings (SSSR count). The molecule has 4 heterocycles. The number of hydrogen-bond donors (Lipinski definition) is 0. The van der Waals surface area contributed by atoms with Crippen LogP contribution in [0.5, 0.6) is 0 Å². The van der Waals surface area contributed by atoms with Gasteiger partial charge in [0, 0.05) is 67.1 Å². The molecule has 7 aromatic carbocycles. The zero-order valence-corrected chi connectivity index (χ0v) is 26.3. The summed E-state index contributed by atoms with van der Waals surface area (Å²) in [5.41, 5.74) is 11.0. The van der Waals surface area contributed by atoms with E-state index in [9.17, 15) is 0 Å². The van der Waals surface area contributed by atoms with Crippen LogP contribution in [-0.4, -0.2) is 14.1 Å². The second kappa shape index (κ2) is 9.93. The van der Waals surface area contributed by atoms with Crippen LogP contribution in [0, 0.1) is 0 Å². The summed E-state index contributed by atoms with van der Waals surface area (Å²) in [7, 11) is 0. The fourth-order valence-electron chi connectivity index (χ4n) is 8.06. The molecule has 4 heteroatoms. The molecule has 0 spiro atoms. The summed E-state index contributed by atoms with van der Waals surface area (Å²) in [4.78, 5) is 4.39. The van der Waals surface area contributed by atoms with Gasteiger partial charge < -0.3 is 13.6 Å². The van der Waals surface area contributed by atoms with Gasteiger partial charge in [-0.15, -0.1) is 0 Å². The minimum Gasteiger partial charge on any atom is -0.456 e. The highest BCUT2D eigenvalue weighted by Gasteiger charge is 2.21. The first kappa shape index (κ1) is 26.4. The Morgan fingerprint density at radius 2 is 1.04 bits per heavy atom. The van der Waals surface area contributed by atoms with E-state index < -0.39 is 0 Å². The molecule has 0 fully saturated rings.